The maximum Gasteiger partial charge on any atom is 0.146 e. The van der Waals surface area contributed by atoms with Crippen LogP contribution in [0.4, 0.5) is 0 Å². The van der Waals surface area contributed by atoms with Gasteiger partial charge < -0.3 is 10.5 Å². The Labute approximate surface area is 93.8 Å². The lowest BCUT2D eigenvalue weighted by Crippen LogP contribution is -2.11. The van der Waals surface area contributed by atoms with E-state index in [-0.39, 0.29) is 6.10 Å². The minimum absolute atomic E-state index is 0.197. The molecule has 0 aliphatic carbocycles. The van der Waals surface area contributed by atoms with Crippen molar-refractivity contribution in [2.75, 3.05) is 13.2 Å². The quantitative estimate of drug-likeness (QED) is 0.850. The average Bonchev–Trinajstić information content (AvgIpc) is 2.76. The highest BCUT2D eigenvalue weighted by atomic mass is 32.1. The number of hydrogen-bond acceptors (Lipinski definition) is 5. The summed E-state index contributed by atoms with van der Waals surface area (Å²) in [4.78, 5) is 0. The van der Waals surface area contributed by atoms with Gasteiger partial charge in [-0.2, -0.15) is 0 Å². The van der Waals surface area contributed by atoms with Crippen molar-refractivity contribution < 1.29 is 4.74 Å². The van der Waals surface area contributed by atoms with Crippen molar-refractivity contribution in [1.82, 2.24) is 10.2 Å². The summed E-state index contributed by atoms with van der Waals surface area (Å²) in [7, 11) is 0. The van der Waals surface area contributed by atoms with Crippen LogP contribution in [0.3, 0.4) is 0 Å². The molecular weight excluding hydrogens is 210 g/mol. The lowest BCUT2D eigenvalue weighted by atomic mass is 10.1. The van der Waals surface area contributed by atoms with Gasteiger partial charge >= 0.3 is 0 Å². The largest absolute Gasteiger partial charge is 0.371 e. The number of aryl methyl sites for hydroxylation is 1. The normalized spacial score (nSPS) is 21.8. The lowest BCUT2D eigenvalue weighted by molar-refractivity contribution is 0.0144. The minimum Gasteiger partial charge on any atom is -0.371 e. The summed E-state index contributed by atoms with van der Waals surface area (Å²) >= 11 is 1.68. The molecule has 2 heterocycles. The van der Waals surface area contributed by atoms with E-state index in [4.69, 9.17) is 10.5 Å². The monoisotopic (exact) mass is 227 g/mol. The molecule has 0 spiro atoms. The van der Waals surface area contributed by atoms with E-state index >= 15 is 0 Å². The molecule has 15 heavy (non-hydrogen) atoms. The van der Waals surface area contributed by atoms with Crippen LogP contribution in [0.25, 0.3) is 0 Å². The minimum atomic E-state index is 0.197. The van der Waals surface area contributed by atoms with Crippen LogP contribution >= 0.6 is 11.3 Å². The highest BCUT2D eigenvalue weighted by molar-refractivity contribution is 7.11. The molecule has 0 amide bonds. The fourth-order valence-corrected chi connectivity index (χ4v) is 2.65. The molecule has 1 aromatic rings. The molecular formula is C10H17N3OS. The van der Waals surface area contributed by atoms with Crippen LogP contribution in [0, 0.1) is 0 Å². The Hall–Kier alpha value is -0.520. The van der Waals surface area contributed by atoms with Crippen molar-refractivity contribution in [3.05, 3.63) is 10.0 Å². The molecule has 84 valence electrons. The van der Waals surface area contributed by atoms with Crippen molar-refractivity contribution in [2.24, 2.45) is 5.73 Å². The van der Waals surface area contributed by atoms with Crippen LogP contribution in [0.15, 0.2) is 0 Å². The standard InChI is InChI=1S/C10H17N3OS/c11-6-3-5-9-12-13-10(15-9)8-4-1-2-7-14-8/h8H,1-7,11H2. The van der Waals surface area contributed by atoms with Crippen LogP contribution in [-0.4, -0.2) is 23.3 Å². The predicted octanol–water partition coefficient (Wildman–Crippen LogP) is 1.67. The van der Waals surface area contributed by atoms with Gasteiger partial charge in [-0.1, -0.05) is 11.3 Å². The predicted molar refractivity (Wildman–Crippen MR) is 59.8 cm³/mol. The topological polar surface area (TPSA) is 61.0 Å². The number of aromatic nitrogens is 2. The van der Waals surface area contributed by atoms with E-state index in [0.29, 0.717) is 0 Å². The molecule has 2 N–H and O–H groups in total. The van der Waals surface area contributed by atoms with E-state index in [1.54, 1.807) is 11.3 Å². The van der Waals surface area contributed by atoms with Crippen molar-refractivity contribution in [1.29, 1.82) is 0 Å². The highest BCUT2D eigenvalue weighted by Crippen LogP contribution is 2.29. The number of rotatable bonds is 4. The number of ether oxygens (including phenoxy) is 1. The SMILES string of the molecule is NCCCc1nnc(C2CCCCO2)s1. The first-order valence-electron chi connectivity index (χ1n) is 5.54. The number of nitrogens with two attached hydrogens (primary N) is 1. The van der Waals surface area contributed by atoms with E-state index in [2.05, 4.69) is 10.2 Å². The molecule has 1 fully saturated rings. The third kappa shape index (κ3) is 2.96. The molecule has 0 saturated carbocycles. The zero-order valence-corrected chi connectivity index (χ0v) is 9.63. The van der Waals surface area contributed by atoms with Gasteiger partial charge in [0.05, 0.1) is 0 Å². The summed E-state index contributed by atoms with van der Waals surface area (Å²) in [5, 5.41) is 10.5. The van der Waals surface area contributed by atoms with Crippen LogP contribution in [0.2, 0.25) is 0 Å². The van der Waals surface area contributed by atoms with Crippen molar-refractivity contribution in [2.45, 2.75) is 38.2 Å². The molecule has 5 heteroatoms. The molecule has 4 nitrogen and oxygen atoms in total. The summed E-state index contributed by atoms with van der Waals surface area (Å²) < 4.78 is 5.67. The molecule has 1 saturated heterocycles. The molecule has 0 bridgehead atoms. The van der Waals surface area contributed by atoms with Gasteiger partial charge in [0, 0.05) is 13.0 Å². The van der Waals surface area contributed by atoms with Crippen molar-refractivity contribution in [3.8, 4) is 0 Å². The molecule has 0 radical (unpaired) electrons. The molecule has 1 aromatic heterocycles. The molecule has 2 rings (SSSR count). The zero-order valence-electron chi connectivity index (χ0n) is 8.82. The molecule has 1 atom stereocenters. The smallest absolute Gasteiger partial charge is 0.146 e. The Morgan fingerprint density at radius 1 is 1.40 bits per heavy atom. The van der Waals surface area contributed by atoms with E-state index in [1.807, 2.05) is 0 Å². The second kappa shape index (κ2) is 5.53. The molecule has 1 aliphatic rings. The second-order valence-electron chi connectivity index (χ2n) is 3.78. The maximum atomic E-state index is 5.67. The van der Waals surface area contributed by atoms with Gasteiger partial charge in [0.15, 0.2) is 0 Å². The third-order valence-electron chi connectivity index (χ3n) is 2.53. The first-order chi connectivity index (χ1) is 7.40. The Bertz CT molecular complexity index is 297. The Kier molecular flexibility index (Phi) is 4.05. The molecule has 1 unspecified atom stereocenters. The highest BCUT2D eigenvalue weighted by Gasteiger charge is 2.19. The summed E-state index contributed by atoms with van der Waals surface area (Å²) in [5.41, 5.74) is 5.46. The van der Waals surface area contributed by atoms with E-state index < -0.39 is 0 Å². The fraction of sp³-hybridized carbons (Fsp3) is 0.800. The number of hydrogen-bond donors (Lipinski definition) is 1. The number of nitrogens with zero attached hydrogens (tertiary/aromatic N) is 2. The second-order valence-corrected chi connectivity index (χ2v) is 4.88. The van der Waals surface area contributed by atoms with Gasteiger partial charge in [0.1, 0.15) is 16.1 Å². The molecule has 0 aromatic carbocycles. The van der Waals surface area contributed by atoms with E-state index in [9.17, 15) is 0 Å². The zero-order chi connectivity index (χ0) is 10.5. The maximum absolute atomic E-state index is 5.67. The lowest BCUT2D eigenvalue weighted by Gasteiger charge is -2.19. The van der Waals surface area contributed by atoms with Crippen LogP contribution in [-0.2, 0) is 11.2 Å². The first kappa shape index (κ1) is 11.0. The van der Waals surface area contributed by atoms with Gasteiger partial charge in [0.25, 0.3) is 0 Å². The summed E-state index contributed by atoms with van der Waals surface area (Å²) in [5.74, 6) is 0. The Balaban J connectivity index is 1.93. The Morgan fingerprint density at radius 2 is 2.33 bits per heavy atom. The van der Waals surface area contributed by atoms with Crippen LogP contribution in [0.1, 0.15) is 41.8 Å². The van der Waals surface area contributed by atoms with E-state index in [0.717, 1.165) is 42.4 Å². The summed E-state index contributed by atoms with van der Waals surface area (Å²) in [6.07, 6.45) is 5.63. The van der Waals surface area contributed by atoms with Gasteiger partial charge in [0.2, 0.25) is 0 Å². The fourth-order valence-electron chi connectivity index (χ4n) is 1.69. The van der Waals surface area contributed by atoms with Gasteiger partial charge in [-0.25, -0.2) is 0 Å². The first-order valence-corrected chi connectivity index (χ1v) is 6.36. The van der Waals surface area contributed by atoms with Gasteiger partial charge in [-0.3, -0.25) is 0 Å². The van der Waals surface area contributed by atoms with Gasteiger partial charge in [-0.05, 0) is 32.2 Å². The molecule has 1 aliphatic heterocycles. The summed E-state index contributed by atoms with van der Waals surface area (Å²) in [6.45, 7) is 1.58. The van der Waals surface area contributed by atoms with Gasteiger partial charge in [-0.15, -0.1) is 10.2 Å². The van der Waals surface area contributed by atoms with Crippen LogP contribution < -0.4 is 5.73 Å². The summed E-state index contributed by atoms with van der Waals surface area (Å²) in [6, 6.07) is 0. The average molecular weight is 227 g/mol. The Morgan fingerprint density at radius 3 is 3.07 bits per heavy atom. The van der Waals surface area contributed by atoms with Crippen molar-refractivity contribution in [3.63, 3.8) is 0 Å². The van der Waals surface area contributed by atoms with E-state index in [1.165, 1.54) is 12.8 Å². The third-order valence-corrected chi connectivity index (χ3v) is 3.61. The van der Waals surface area contributed by atoms with Crippen molar-refractivity contribution >= 4 is 11.3 Å². The van der Waals surface area contributed by atoms with Crippen LogP contribution in [0.5, 0.6) is 0 Å².